The standard InChI is InChI=1S/C26H46N7O18P3/c1-13(14(2)34)15(35)5-7-28-17(36)6-8-29-24(39)21(38)26(3,4)10-48-54(45,46)51-53(43,44)47-9-16-20(50-52(40,41)42)19(37)25(49-16)33-12-32-18-22(27)30-11-31-23(18)33/h11-16,19-21,25,34-35,37-38H,5-10H2,1-4H3,(H,28,36)(H,29,39)(H,43,44)(H,45,46)(H2,27,30,31)(H2,40,41,42). The van der Waals surface area contributed by atoms with Crippen molar-refractivity contribution in [1.82, 2.24) is 30.2 Å². The van der Waals surface area contributed by atoms with E-state index in [9.17, 15) is 63.3 Å². The minimum Gasteiger partial charge on any atom is -0.393 e. The Kier molecular flexibility index (Phi) is 15.8. The molecule has 0 radical (unpaired) electrons. The first-order valence-electron chi connectivity index (χ1n) is 16.1. The molecule has 25 nitrogen and oxygen atoms in total. The monoisotopic (exact) mass is 837 g/mol. The zero-order valence-electron chi connectivity index (χ0n) is 29.4. The Labute approximate surface area is 307 Å². The molecule has 2 aromatic rings. The number of nitrogens with one attached hydrogen (secondary N) is 2. The molecule has 1 saturated heterocycles. The van der Waals surface area contributed by atoms with Crippen LogP contribution in [-0.4, -0.2) is 134 Å². The van der Waals surface area contributed by atoms with E-state index in [1.54, 1.807) is 6.92 Å². The highest BCUT2D eigenvalue weighted by Gasteiger charge is 2.50. The fourth-order valence-corrected chi connectivity index (χ4v) is 7.71. The number of nitrogens with zero attached hydrogens (tertiary/aromatic N) is 4. The van der Waals surface area contributed by atoms with Gasteiger partial charge in [-0.2, -0.15) is 4.31 Å². The molecule has 0 bridgehead atoms. The van der Waals surface area contributed by atoms with Gasteiger partial charge in [-0.05, 0) is 13.3 Å². The van der Waals surface area contributed by atoms with Crippen LogP contribution >= 0.6 is 23.5 Å². The second-order valence-corrected chi connectivity index (χ2v) is 17.3. The van der Waals surface area contributed by atoms with Gasteiger partial charge in [-0.1, -0.05) is 20.8 Å². The van der Waals surface area contributed by atoms with Gasteiger partial charge in [0.2, 0.25) is 11.8 Å². The predicted molar refractivity (Wildman–Crippen MR) is 181 cm³/mol. The molecule has 0 aliphatic carbocycles. The summed E-state index contributed by atoms with van der Waals surface area (Å²) in [6, 6.07) is 0. The lowest BCUT2D eigenvalue weighted by atomic mass is 9.87. The van der Waals surface area contributed by atoms with Crippen LogP contribution in [0.1, 0.15) is 46.8 Å². The lowest BCUT2D eigenvalue weighted by Crippen LogP contribution is -2.46. The van der Waals surface area contributed by atoms with Gasteiger partial charge in [0.25, 0.3) is 0 Å². The van der Waals surface area contributed by atoms with E-state index >= 15 is 0 Å². The van der Waals surface area contributed by atoms with Crippen molar-refractivity contribution in [3.05, 3.63) is 12.7 Å². The van der Waals surface area contributed by atoms with Crippen LogP contribution in [0.15, 0.2) is 12.7 Å². The van der Waals surface area contributed by atoms with Crippen molar-refractivity contribution in [3.63, 3.8) is 0 Å². The third-order valence-electron chi connectivity index (χ3n) is 8.21. The van der Waals surface area contributed by atoms with E-state index in [0.29, 0.717) is 0 Å². The van der Waals surface area contributed by atoms with E-state index in [-0.39, 0.29) is 42.9 Å². The quantitative estimate of drug-likeness (QED) is 0.0616. The SMILES string of the molecule is CC(O)C(C)C(O)CCNC(=O)CCNC(=O)C(O)C(C)(C)COP(=O)(O)OP(=O)(O)OCC1OC(n2cnc3c(N)ncnc32)C(O)C1OP(=O)(O)O. The molecule has 3 heterocycles. The number of nitrogen functional groups attached to an aromatic ring is 1. The van der Waals surface area contributed by atoms with Crippen molar-refractivity contribution < 1.29 is 85.9 Å². The highest BCUT2D eigenvalue weighted by Crippen LogP contribution is 2.61. The van der Waals surface area contributed by atoms with Gasteiger partial charge >= 0.3 is 23.5 Å². The third kappa shape index (κ3) is 13.0. The van der Waals surface area contributed by atoms with Crippen molar-refractivity contribution in [2.75, 3.05) is 32.0 Å². The second kappa shape index (κ2) is 18.6. The van der Waals surface area contributed by atoms with Crippen LogP contribution in [0.3, 0.4) is 0 Å². The Morgan fingerprint density at radius 2 is 1.67 bits per heavy atom. The maximum atomic E-state index is 12.6. The van der Waals surface area contributed by atoms with Crippen molar-refractivity contribution >= 4 is 52.3 Å². The molecule has 1 aliphatic heterocycles. The Bertz CT molecular complexity index is 1740. The van der Waals surface area contributed by atoms with Gasteiger partial charge in [-0.25, -0.2) is 28.6 Å². The van der Waals surface area contributed by atoms with Crippen LogP contribution in [0, 0.1) is 11.3 Å². The number of imidazole rings is 1. The molecule has 308 valence electrons. The summed E-state index contributed by atoms with van der Waals surface area (Å²) in [5, 5.41) is 45.8. The molecule has 10 atom stereocenters. The average Bonchev–Trinajstić information content (AvgIpc) is 3.62. The fourth-order valence-electron chi connectivity index (χ4n) is 4.88. The summed E-state index contributed by atoms with van der Waals surface area (Å²) < 4.78 is 62.0. The van der Waals surface area contributed by atoms with Gasteiger partial charge in [0.15, 0.2) is 17.7 Å². The van der Waals surface area contributed by atoms with Crippen LogP contribution in [0.25, 0.3) is 11.2 Å². The molecule has 3 rings (SSSR count). The Morgan fingerprint density at radius 3 is 2.30 bits per heavy atom. The second-order valence-electron chi connectivity index (χ2n) is 13.0. The molecule has 0 aromatic carbocycles. The molecule has 1 aliphatic rings. The highest BCUT2D eigenvalue weighted by molar-refractivity contribution is 7.61. The number of phosphoric acid groups is 3. The predicted octanol–water partition coefficient (Wildman–Crippen LogP) is -1.83. The number of amides is 2. The summed E-state index contributed by atoms with van der Waals surface area (Å²) >= 11 is 0. The van der Waals surface area contributed by atoms with Crippen molar-refractivity contribution in [3.8, 4) is 0 Å². The number of hydrogen-bond donors (Lipinski definition) is 11. The molecule has 2 aromatic heterocycles. The number of aromatic nitrogens is 4. The molecule has 0 saturated carbocycles. The van der Waals surface area contributed by atoms with Gasteiger partial charge in [-0.15, -0.1) is 0 Å². The number of hydrogen-bond acceptors (Lipinski definition) is 18. The summed E-state index contributed by atoms with van der Waals surface area (Å²) in [5.74, 6) is -1.93. The molecule has 54 heavy (non-hydrogen) atoms. The zero-order valence-corrected chi connectivity index (χ0v) is 32.1. The first-order valence-corrected chi connectivity index (χ1v) is 20.6. The molecule has 1 fully saturated rings. The number of fused-ring (bicyclic) bond motifs is 1. The largest absolute Gasteiger partial charge is 0.481 e. The van der Waals surface area contributed by atoms with Gasteiger partial charge in [0, 0.05) is 30.8 Å². The number of carbonyl (C=O) groups is 2. The summed E-state index contributed by atoms with van der Waals surface area (Å²) in [5.41, 5.74) is 4.24. The lowest BCUT2D eigenvalue weighted by molar-refractivity contribution is -0.137. The smallest absolute Gasteiger partial charge is 0.393 e. The maximum Gasteiger partial charge on any atom is 0.481 e. The first kappa shape index (κ1) is 45.8. The van der Waals surface area contributed by atoms with E-state index in [0.717, 1.165) is 17.2 Å². The topological polar surface area (TPSA) is 387 Å². The molecule has 28 heteroatoms. The van der Waals surface area contributed by atoms with Crippen LogP contribution in [0.4, 0.5) is 5.82 Å². The summed E-state index contributed by atoms with van der Waals surface area (Å²) in [6.45, 7) is 3.51. The molecular formula is C26H46N7O18P3. The molecule has 2 amide bonds. The number of nitrogens with two attached hydrogens (primary N) is 1. The van der Waals surface area contributed by atoms with Gasteiger partial charge in [0.05, 0.1) is 31.7 Å². The average molecular weight is 838 g/mol. The van der Waals surface area contributed by atoms with Crippen molar-refractivity contribution in [2.24, 2.45) is 11.3 Å². The number of rotatable bonds is 21. The van der Waals surface area contributed by atoms with Crippen LogP contribution in [-0.2, 0) is 45.9 Å². The highest BCUT2D eigenvalue weighted by atomic mass is 31.3. The normalized spacial score (nSPS) is 23.9. The number of aliphatic hydroxyl groups is 4. The Hall–Kier alpha value is -2.54. The maximum absolute atomic E-state index is 12.6. The van der Waals surface area contributed by atoms with E-state index < -0.39 is 103 Å². The van der Waals surface area contributed by atoms with Gasteiger partial charge in [-0.3, -0.25) is 27.7 Å². The van der Waals surface area contributed by atoms with Gasteiger partial charge in [0.1, 0.15) is 36.3 Å². The van der Waals surface area contributed by atoms with Crippen molar-refractivity contribution in [2.45, 2.75) is 83.4 Å². The lowest BCUT2D eigenvalue weighted by Gasteiger charge is -2.30. The summed E-state index contributed by atoms with van der Waals surface area (Å²) in [7, 11) is -16.4. The molecule has 12 N–H and O–H groups in total. The Balaban J connectivity index is 1.52. The van der Waals surface area contributed by atoms with E-state index in [1.807, 2.05) is 0 Å². The zero-order chi connectivity index (χ0) is 40.8. The molecular weight excluding hydrogens is 791 g/mol. The number of anilines is 1. The van der Waals surface area contributed by atoms with Crippen LogP contribution in [0.5, 0.6) is 0 Å². The summed E-state index contributed by atoms with van der Waals surface area (Å²) in [6.07, 6.45) is -8.39. The minimum atomic E-state index is -5.57. The number of phosphoric ester groups is 3. The van der Waals surface area contributed by atoms with Crippen molar-refractivity contribution in [1.29, 1.82) is 0 Å². The van der Waals surface area contributed by atoms with E-state index in [4.69, 9.17) is 19.5 Å². The number of carbonyl (C=O) groups excluding carboxylic acids is 2. The summed E-state index contributed by atoms with van der Waals surface area (Å²) in [4.78, 5) is 75.4. The fraction of sp³-hybridized carbons (Fsp3) is 0.731. The molecule has 0 spiro atoms. The minimum absolute atomic E-state index is 0.0271. The van der Waals surface area contributed by atoms with E-state index in [2.05, 4.69) is 34.4 Å². The number of aliphatic hydroxyl groups excluding tert-OH is 4. The Morgan fingerprint density at radius 1 is 1.02 bits per heavy atom. The van der Waals surface area contributed by atoms with E-state index in [1.165, 1.54) is 20.8 Å². The van der Waals surface area contributed by atoms with Crippen LogP contribution < -0.4 is 16.4 Å². The van der Waals surface area contributed by atoms with Gasteiger partial charge < -0.3 is 61.1 Å². The first-order chi connectivity index (χ1) is 24.8. The molecule has 10 unspecified atom stereocenters. The van der Waals surface area contributed by atoms with Crippen LogP contribution in [0.2, 0.25) is 0 Å². The number of ether oxygens (including phenoxy) is 1. The third-order valence-corrected chi connectivity index (χ3v) is 11.3.